The SMILES string of the molecule is CCc1cc([N+](=O)[O-])ccc1Sc1ccccc1. The molecule has 0 amide bonds. The van der Waals surface area contributed by atoms with Gasteiger partial charge in [0.1, 0.15) is 0 Å². The average molecular weight is 259 g/mol. The van der Waals surface area contributed by atoms with Crippen LogP contribution in [0.4, 0.5) is 5.69 Å². The Kier molecular flexibility index (Phi) is 3.99. The van der Waals surface area contributed by atoms with Crippen molar-refractivity contribution in [1.29, 1.82) is 0 Å². The van der Waals surface area contributed by atoms with Gasteiger partial charge in [-0.25, -0.2) is 0 Å². The van der Waals surface area contributed by atoms with Gasteiger partial charge in [-0.15, -0.1) is 0 Å². The van der Waals surface area contributed by atoms with Crippen LogP contribution in [0, 0.1) is 10.1 Å². The smallest absolute Gasteiger partial charge is 0.258 e. The second-order valence-corrected chi connectivity index (χ2v) is 4.93. The minimum absolute atomic E-state index is 0.157. The third-order valence-electron chi connectivity index (χ3n) is 2.61. The lowest BCUT2D eigenvalue weighted by Crippen LogP contribution is -1.92. The second-order valence-electron chi connectivity index (χ2n) is 3.82. The highest BCUT2D eigenvalue weighted by Crippen LogP contribution is 2.32. The topological polar surface area (TPSA) is 43.1 Å². The molecule has 0 spiro atoms. The second kappa shape index (κ2) is 5.69. The Bertz CT molecular complexity index is 555. The molecular formula is C14H13NO2S. The lowest BCUT2D eigenvalue weighted by molar-refractivity contribution is -0.385. The maximum atomic E-state index is 10.7. The van der Waals surface area contributed by atoms with Gasteiger partial charge in [0.25, 0.3) is 5.69 Å². The lowest BCUT2D eigenvalue weighted by Gasteiger charge is -2.07. The lowest BCUT2D eigenvalue weighted by atomic mass is 10.1. The van der Waals surface area contributed by atoms with Crippen LogP contribution in [0.5, 0.6) is 0 Å². The number of aryl methyl sites for hydroxylation is 1. The molecule has 0 saturated carbocycles. The van der Waals surface area contributed by atoms with E-state index in [4.69, 9.17) is 0 Å². The van der Waals surface area contributed by atoms with Crippen LogP contribution in [0.15, 0.2) is 58.3 Å². The summed E-state index contributed by atoms with van der Waals surface area (Å²) in [5.74, 6) is 0. The van der Waals surface area contributed by atoms with Gasteiger partial charge in [-0.05, 0) is 30.2 Å². The zero-order chi connectivity index (χ0) is 13.0. The Morgan fingerprint density at radius 1 is 1.17 bits per heavy atom. The molecule has 18 heavy (non-hydrogen) atoms. The summed E-state index contributed by atoms with van der Waals surface area (Å²) in [7, 11) is 0. The molecule has 0 atom stereocenters. The van der Waals surface area contributed by atoms with Gasteiger partial charge >= 0.3 is 0 Å². The van der Waals surface area contributed by atoms with Crippen LogP contribution in [-0.2, 0) is 6.42 Å². The van der Waals surface area contributed by atoms with E-state index in [0.717, 1.165) is 21.8 Å². The number of non-ortho nitro benzene ring substituents is 1. The molecule has 0 N–H and O–H groups in total. The normalized spacial score (nSPS) is 10.3. The predicted molar refractivity (Wildman–Crippen MR) is 73.0 cm³/mol. The summed E-state index contributed by atoms with van der Waals surface area (Å²) in [6.07, 6.45) is 0.789. The Morgan fingerprint density at radius 3 is 2.50 bits per heavy atom. The summed E-state index contributed by atoms with van der Waals surface area (Å²) in [5, 5.41) is 10.7. The highest BCUT2D eigenvalue weighted by atomic mass is 32.2. The molecule has 3 nitrogen and oxygen atoms in total. The molecule has 0 heterocycles. The Morgan fingerprint density at radius 2 is 1.89 bits per heavy atom. The van der Waals surface area contributed by atoms with E-state index >= 15 is 0 Å². The zero-order valence-electron chi connectivity index (χ0n) is 10.00. The fourth-order valence-electron chi connectivity index (χ4n) is 1.67. The van der Waals surface area contributed by atoms with E-state index in [1.54, 1.807) is 23.9 Å². The molecule has 0 radical (unpaired) electrons. The van der Waals surface area contributed by atoms with Crippen LogP contribution in [-0.4, -0.2) is 4.92 Å². The summed E-state index contributed by atoms with van der Waals surface area (Å²) in [6.45, 7) is 2.01. The van der Waals surface area contributed by atoms with Crippen LogP contribution in [0.25, 0.3) is 0 Å². The van der Waals surface area contributed by atoms with Crippen LogP contribution in [0.3, 0.4) is 0 Å². The standard InChI is InChI=1S/C14H13NO2S/c1-2-11-10-12(15(16)17)8-9-14(11)18-13-6-4-3-5-7-13/h3-10H,2H2,1H3. The first kappa shape index (κ1) is 12.6. The fourth-order valence-corrected chi connectivity index (χ4v) is 2.69. The van der Waals surface area contributed by atoms with Gasteiger partial charge < -0.3 is 0 Å². The quantitative estimate of drug-likeness (QED) is 0.607. The third-order valence-corrected chi connectivity index (χ3v) is 3.73. The van der Waals surface area contributed by atoms with E-state index in [-0.39, 0.29) is 10.6 Å². The Labute approximate surface area is 110 Å². The van der Waals surface area contributed by atoms with E-state index in [1.165, 1.54) is 0 Å². The van der Waals surface area contributed by atoms with Crippen molar-refractivity contribution in [2.45, 2.75) is 23.1 Å². The van der Waals surface area contributed by atoms with E-state index in [1.807, 2.05) is 43.3 Å². The first-order chi connectivity index (χ1) is 8.70. The highest BCUT2D eigenvalue weighted by Gasteiger charge is 2.10. The predicted octanol–water partition coefficient (Wildman–Crippen LogP) is 4.31. The fraction of sp³-hybridized carbons (Fsp3) is 0.143. The van der Waals surface area contributed by atoms with Crippen molar-refractivity contribution in [3.63, 3.8) is 0 Å². The van der Waals surface area contributed by atoms with Crippen molar-refractivity contribution in [3.8, 4) is 0 Å². The van der Waals surface area contributed by atoms with Crippen molar-refractivity contribution in [2.75, 3.05) is 0 Å². The molecule has 2 rings (SSSR count). The third kappa shape index (κ3) is 2.90. The van der Waals surface area contributed by atoms with E-state index in [9.17, 15) is 10.1 Å². The van der Waals surface area contributed by atoms with E-state index in [2.05, 4.69) is 0 Å². The average Bonchev–Trinajstić information content (AvgIpc) is 2.40. The molecule has 4 heteroatoms. The highest BCUT2D eigenvalue weighted by molar-refractivity contribution is 7.99. The van der Waals surface area contributed by atoms with Crippen LogP contribution >= 0.6 is 11.8 Å². The van der Waals surface area contributed by atoms with Crippen LogP contribution < -0.4 is 0 Å². The van der Waals surface area contributed by atoms with Gasteiger partial charge in [0.15, 0.2) is 0 Å². The number of nitro benzene ring substituents is 1. The van der Waals surface area contributed by atoms with Gasteiger partial charge in [0.2, 0.25) is 0 Å². The molecule has 0 aliphatic heterocycles. The molecule has 0 saturated heterocycles. The first-order valence-corrected chi connectivity index (χ1v) is 6.52. The van der Waals surface area contributed by atoms with Crippen molar-refractivity contribution in [3.05, 3.63) is 64.2 Å². The summed E-state index contributed by atoms with van der Waals surface area (Å²) >= 11 is 1.64. The van der Waals surface area contributed by atoms with Crippen LogP contribution in [0.2, 0.25) is 0 Å². The molecule has 0 aromatic heterocycles. The maximum Gasteiger partial charge on any atom is 0.269 e. The maximum absolute atomic E-state index is 10.7. The molecule has 0 aliphatic carbocycles. The first-order valence-electron chi connectivity index (χ1n) is 5.71. The summed E-state index contributed by atoms with van der Waals surface area (Å²) in [4.78, 5) is 12.6. The monoisotopic (exact) mass is 259 g/mol. The summed E-state index contributed by atoms with van der Waals surface area (Å²) in [5.41, 5.74) is 1.17. The minimum Gasteiger partial charge on any atom is -0.258 e. The van der Waals surface area contributed by atoms with Gasteiger partial charge in [0, 0.05) is 21.9 Å². The molecule has 0 bridgehead atoms. The van der Waals surface area contributed by atoms with Crippen molar-refractivity contribution < 1.29 is 4.92 Å². The van der Waals surface area contributed by atoms with Gasteiger partial charge in [-0.3, -0.25) is 10.1 Å². The number of nitrogens with zero attached hydrogens (tertiary/aromatic N) is 1. The molecule has 0 fully saturated rings. The number of benzene rings is 2. The summed E-state index contributed by atoms with van der Waals surface area (Å²) < 4.78 is 0. The van der Waals surface area contributed by atoms with Crippen LogP contribution in [0.1, 0.15) is 12.5 Å². The van der Waals surface area contributed by atoms with Crippen molar-refractivity contribution >= 4 is 17.4 Å². The number of hydrogen-bond acceptors (Lipinski definition) is 3. The van der Waals surface area contributed by atoms with Gasteiger partial charge in [-0.2, -0.15) is 0 Å². The molecule has 92 valence electrons. The van der Waals surface area contributed by atoms with E-state index < -0.39 is 0 Å². The molecular weight excluding hydrogens is 246 g/mol. The molecule has 0 aliphatic rings. The van der Waals surface area contributed by atoms with Gasteiger partial charge in [-0.1, -0.05) is 36.9 Å². The zero-order valence-corrected chi connectivity index (χ0v) is 10.8. The molecule has 0 unspecified atom stereocenters. The number of nitro groups is 1. The molecule has 2 aromatic carbocycles. The van der Waals surface area contributed by atoms with E-state index in [0.29, 0.717) is 0 Å². The molecule has 2 aromatic rings. The van der Waals surface area contributed by atoms with Gasteiger partial charge in [0.05, 0.1) is 4.92 Å². The largest absolute Gasteiger partial charge is 0.269 e. The number of hydrogen-bond donors (Lipinski definition) is 0. The van der Waals surface area contributed by atoms with Crippen molar-refractivity contribution in [1.82, 2.24) is 0 Å². The number of rotatable bonds is 4. The summed E-state index contributed by atoms with van der Waals surface area (Å²) in [6, 6.07) is 15.1. The Balaban J connectivity index is 2.31. The van der Waals surface area contributed by atoms with Crippen molar-refractivity contribution in [2.24, 2.45) is 0 Å². The minimum atomic E-state index is -0.351. The Hall–Kier alpha value is -1.81.